The zero-order valence-electron chi connectivity index (χ0n) is 15.8. The van der Waals surface area contributed by atoms with Crippen LogP contribution in [0.25, 0.3) is 0 Å². The van der Waals surface area contributed by atoms with E-state index in [1.165, 1.54) is 0 Å². The maximum Gasteiger partial charge on any atom is 0.407 e. The number of carbonyl (C=O) groups excluding carboxylic acids is 2. The van der Waals surface area contributed by atoms with Gasteiger partial charge in [-0.05, 0) is 39.0 Å². The highest BCUT2D eigenvalue weighted by Gasteiger charge is 2.16. The van der Waals surface area contributed by atoms with Gasteiger partial charge in [-0.2, -0.15) is 5.26 Å². The summed E-state index contributed by atoms with van der Waals surface area (Å²) in [6.07, 6.45) is 1.11. The molecular formula is C18H25N5O3. The molecule has 0 unspecified atom stereocenters. The fourth-order valence-electron chi connectivity index (χ4n) is 1.81. The Hall–Kier alpha value is -3.08. The second kappa shape index (κ2) is 9.42. The van der Waals surface area contributed by atoms with E-state index in [0.717, 1.165) is 0 Å². The molecule has 0 aliphatic heterocycles. The van der Waals surface area contributed by atoms with E-state index in [1.54, 1.807) is 50.2 Å². The van der Waals surface area contributed by atoms with Crippen LogP contribution in [0.3, 0.4) is 0 Å². The molecule has 0 atom stereocenters. The van der Waals surface area contributed by atoms with Crippen LogP contribution in [0.2, 0.25) is 0 Å². The lowest BCUT2D eigenvalue weighted by molar-refractivity contribution is -0.116. The molecule has 140 valence electrons. The SMILES string of the molecule is CN(C)C=Nc1ccc(NC(=O)CCNC(=O)OC(C)(C)C)cc1C#N. The van der Waals surface area contributed by atoms with Gasteiger partial charge in [0, 0.05) is 32.7 Å². The van der Waals surface area contributed by atoms with Gasteiger partial charge in [0.25, 0.3) is 0 Å². The van der Waals surface area contributed by atoms with Gasteiger partial charge in [0.2, 0.25) is 5.91 Å². The zero-order chi connectivity index (χ0) is 19.7. The van der Waals surface area contributed by atoms with E-state index >= 15 is 0 Å². The Morgan fingerprint density at radius 2 is 2.04 bits per heavy atom. The highest BCUT2D eigenvalue weighted by molar-refractivity contribution is 5.91. The molecule has 1 aromatic carbocycles. The van der Waals surface area contributed by atoms with Crippen molar-refractivity contribution in [2.24, 2.45) is 4.99 Å². The van der Waals surface area contributed by atoms with Gasteiger partial charge in [0.1, 0.15) is 11.7 Å². The van der Waals surface area contributed by atoms with E-state index in [0.29, 0.717) is 16.9 Å². The number of benzene rings is 1. The Bertz CT molecular complexity index is 715. The van der Waals surface area contributed by atoms with Gasteiger partial charge in [-0.25, -0.2) is 9.79 Å². The third kappa shape index (κ3) is 8.15. The molecule has 0 radical (unpaired) electrons. The number of amides is 2. The summed E-state index contributed by atoms with van der Waals surface area (Å²) in [5.74, 6) is -0.283. The van der Waals surface area contributed by atoms with E-state index in [4.69, 9.17) is 4.74 Å². The summed E-state index contributed by atoms with van der Waals surface area (Å²) in [7, 11) is 3.66. The quantitative estimate of drug-likeness (QED) is 0.600. The number of nitrogens with zero attached hydrogens (tertiary/aromatic N) is 3. The molecule has 0 saturated carbocycles. The highest BCUT2D eigenvalue weighted by atomic mass is 16.6. The highest BCUT2D eigenvalue weighted by Crippen LogP contribution is 2.22. The van der Waals surface area contributed by atoms with Crippen LogP contribution in [0.15, 0.2) is 23.2 Å². The number of alkyl carbamates (subject to hydrolysis) is 1. The summed E-state index contributed by atoms with van der Waals surface area (Å²) in [6, 6.07) is 6.94. The number of nitriles is 1. The first-order chi connectivity index (χ1) is 12.1. The van der Waals surface area contributed by atoms with Gasteiger partial charge >= 0.3 is 6.09 Å². The van der Waals surface area contributed by atoms with E-state index in [1.807, 2.05) is 14.1 Å². The van der Waals surface area contributed by atoms with Gasteiger partial charge in [0.15, 0.2) is 0 Å². The largest absolute Gasteiger partial charge is 0.444 e. The van der Waals surface area contributed by atoms with Crippen molar-refractivity contribution in [1.82, 2.24) is 10.2 Å². The molecule has 0 aromatic heterocycles. The standard InChI is InChI=1S/C18H25N5O3/c1-18(2,3)26-17(25)20-9-8-16(24)22-14-6-7-15(13(10-14)11-19)21-12-23(4)5/h6-7,10,12H,8-9H2,1-5H3,(H,20,25)(H,22,24). The summed E-state index contributed by atoms with van der Waals surface area (Å²) in [5.41, 5.74) is 0.780. The zero-order valence-corrected chi connectivity index (χ0v) is 15.8. The minimum atomic E-state index is -0.586. The van der Waals surface area contributed by atoms with Crippen molar-refractivity contribution < 1.29 is 14.3 Å². The molecule has 1 rings (SSSR count). The minimum absolute atomic E-state index is 0.0850. The molecule has 0 spiro atoms. The Balaban J connectivity index is 2.57. The fraction of sp³-hybridized carbons (Fsp3) is 0.444. The summed E-state index contributed by atoms with van der Waals surface area (Å²) < 4.78 is 5.09. The van der Waals surface area contributed by atoms with Crippen LogP contribution in [-0.2, 0) is 9.53 Å². The molecule has 0 fully saturated rings. The predicted octanol–water partition coefficient (Wildman–Crippen LogP) is 2.63. The number of ether oxygens (including phenoxy) is 1. The predicted molar refractivity (Wildman–Crippen MR) is 100 cm³/mol. The molecule has 8 heteroatoms. The van der Waals surface area contributed by atoms with E-state index < -0.39 is 11.7 Å². The summed E-state index contributed by atoms with van der Waals surface area (Å²) in [6.45, 7) is 5.44. The molecule has 8 nitrogen and oxygen atoms in total. The first-order valence-electron chi connectivity index (χ1n) is 8.12. The molecular weight excluding hydrogens is 334 g/mol. The smallest absolute Gasteiger partial charge is 0.407 e. The summed E-state index contributed by atoms with van der Waals surface area (Å²) >= 11 is 0. The Morgan fingerprint density at radius 3 is 2.62 bits per heavy atom. The first-order valence-corrected chi connectivity index (χ1v) is 8.12. The Labute approximate surface area is 153 Å². The van der Waals surface area contributed by atoms with Crippen molar-refractivity contribution in [2.45, 2.75) is 32.8 Å². The fourth-order valence-corrected chi connectivity index (χ4v) is 1.81. The third-order valence-corrected chi connectivity index (χ3v) is 2.85. The van der Waals surface area contributed by atoms with E-state index in [2.05, 4.69) is 21.7 Å². The van der Waals surface area contributed by atoms with Crippen LogP contribution in [-0.4, -0.2) is 49.5 Å². The molecule has 0 aliphatic carbocycles. The number of anilines is 1. The molecule has 2 N–H and O–H groups in total. The maximum absolute atomic E-state index is 12.0. The van der Waals surface area contributed by atoms with Crippen LogP contribution < -0.4 is 10.6 Å². The molecule has 0 saturated heterocycles. The summed E-state index contributed by atoms with van der Waals surface area (Å²) in [5, 5.41) is 14.4. The van der Waals surface area contributed by atoms with Gasteiger partial charge in [0.05, 0.1) is 17.6 Å². The van der Waals surface area contributed by atoms with Gasteiger partial charge in [-0.15, -0.1) is 0 Å². The molecule has 0 aliphatic rings. The van der Waals surface area contributed by atoms with Crippen molar-refractivity contribution in [3.8, 4) is 6.07 Å². The number of nitrogens with one attached hydrogen (secondary N) is 2. The van der Waals surface area contributed by atoms with Gasteiger partial charge < -0.3 is 20.3 Å². The van der Waals surface area contributed by atoms with Crippen LogP contribution in [0.5, 0.6) is 0 Å². The molecule has 0 heterocycles. The second-order valence-corrected chi connectivity index (χ2v) is 6.78. The third-order valence-electron chi connectivity index (χ3n) is 2.85. The average molecular weight is 359 g/mol. The number of rotatable bonds is 6. The van der Waals surface area contributed by atoms with Crippen molar-refractivity contribution in [2.75, 3.05) is 26.0 Å². The van der Waals surface area contributed by atoms with Crippen molar-refractivity contribution >= 4 is 29.7 Å². The lowest BCUT2D eigenvalue weighted by Gasteiger charge is -2.19. The number of aliphatic imine (C=N–C) groups is 1. The Kier molecular flexibility index (Phi) is 7.59. The van der Waals surface area contributed by atoms with Crippen LogP contribution in [0.1, 0.15) is 32.8 Å². The lowest BCUT2D eigenvalue weighted by Crippen LogP contribution is -2.34. The van der Waals surface area contributed by atoms with Crippen molar-refractivity contribution in [3.05, 3.63) is 23.8 Å². The summed E-state index contributed by atoms with van der Waals surface area (Å²) in [4.78, 5) is 29.4. The van der Waals surface area contributed by atoms with Gasteiger partial charge in [-0.3, -0.25) is 4.79 Å². The Morgan fingerprint density at radius 1 is 1.35 bits per heavy atom. The van der Waals surface area contributed by atoms with E-state index in [9.17, 15) is 14.9 Å². The normalized spacial score (nSPS) is 10.9. The van der Waals surface area contributed by atoms with Crippen molar-refractivity contribution in [3.63, 3.8) is 0 Å². The number of hydrogen-bond donors (Lipinski definition) is 2. The van der Waals surface area contributed by atoms with Crippen LogP contribution in [0, 0.1) is 11.3 Å². The topological polar surface area (TPSA) is 107 Å². The first kappa shape index (κ1) is 21.0. The number of carbonyl (C=O) groups is 2. The minimum Gasteiger partial charge on any atom is -0.444 e. The van der Waals surface area contributed by atoms with Crippen LogP contribution in [0.4, 0.5) is 16.2 Å². The van der Waals surface area contributed by atoms with E-state index in [-0.39, 0.29) is 18.9 Å². The monoisotopic (exact) mass is 359 g/mol. The second-order valence-electron chi connectivity index (χ2n) is 6.78. The average Bonchev–Trinajstić information content (AvgIpc) is 2.51. The lowest BCUT2D eigenvalue weighted by atomic mass is 10.1. The molecule has 1 aromatic rings. The van der Waals surface area contributed by atoms with Crippen molar-refractivity contribution in [1.29, 1.82) is 5.26 Å². The molecule has 0 bridgehead atoms. The molecule has 26 heavy (non-hydrogen) atoms. The van der Waals surface area contributed by atoms with Crippen LogP contribution >= 0.6 is 0 Å². The molecule has 2 amide bonds. The van der Waals surface area contributed by atoms with Gasteiger partial charge in [-0.1, -0.05) is 0 Å². The number of hydrogen-bond acceptors (Lipinski definition) is 5. The maximum atomic E-state index is 12.0.